The van der Waals surface area contributed by atoms with Crippen LogP contribution in [0.2, 0.25) is 0 Å². The van der Waals surface area contributed by atoms with E-state index < -0.39 is 27.9 Å². The van der Waals surface area contributed by atoms with Gasteiger partial charge in [0.15, 0.2) is 0 Å². The molecular formula is C12H22N2O5S. The number of hydrogen-bond donors (Lipinski definition) is 3. The molecule has 116 valence electrons. The highest BCUT2D eigenvalue weighted by Gasteiger charge is 2.26. The maximum atomic E-state index is 11.7. The second-order valence-corrected chi connectivity index (χ2v) is 7.87. The number of rotatable bonds is 5. The summed E-state index contributed by atoms with van der Waals surface area (Å²) in [6.45, 7) is 3.75. The van der Waals surface area contributed by atoms with Gasteiger partial charge in [0.2, 0.25) is 0 Å². The van der Waals surface area contributed by atoms with Gasteiger partial charge in [-0.2, -0.15) is 0 Å². The van der Waals surface area contributed by atoms with E-state index in [1.807, 2.05) is 13.8 Å². The van der Waals surface area contributed by atoms with Crippen molar-refractivity contribution in [2.75, 3.05) is 11.5 Å². The lowest BCUT2D eigenvalue weighted by atomic mass is 10.0. The van der Waals surface area contributed by atoms with E-state index in [0.29, 0.717) is 19.3 Å². The summed E-state index contributed by atoms with van der Waals surface area (Å²) in [7, 11) is -2.97. The lowest BCUT2D eigenvalue weighted by molar-refractivity contribution is -0.139. The van der Waals surface area contributed by atoms with E-state index in [1.165, 1.54) is 0 Å². The molecule has 7 nitrogen and oxygen atoms in total. The minimum absolute atomic E-state index is 0.0618. The topological polar surface area (TPSA) is 113 Å². The summed E-state index contributed by atoms with van der Waals surface area (Å²) < 4.78 is 22.5. The molecule has 1 atom stereocenters. The van der Waals surface area contributed by atoms with Crippen LogP contribution in [0, 0.1) is 5.92 Å². The number of carboxylic acids is 1. The van der Waals surface area contributed by atoms with Gasteiger partial charge in [-0.3, -0.25) is 0 Å². The minimum atomic E-state index is -2.97. The summed E-state index contributed by atoms with van der Waals surface area (Å²) in [6.07, 6.45) is 1.09. The molecule has 0 aromatic rings. The molecule has 0 aliphatic carbocycles. The van der Waals surface area contributed by atoms with Crippen LogP contribution < -0.4 is 10.6 Å². The molecule has 3 N–H and O–H groups in total. The number of nitrogens with one attached hydrogen (secondary N) is 2. The van der Waals surface area contributed by atoms with Crippen LogP contribution in [0.3, 0.4) is 0 Å². The standard InChI is InChI=1S/C12H22N2O5S/c1-8(2)7-10(11(15)16)14-12(17)13-9-3-5-20(18,19)6-4-9/h8-10H,3-7H2,1-2H3,(H,15,16)(H2,13,14,17)/t10-/m0/s1. The molecule has 1 saturated heterocycles. The molecule has 1 fully saturated rings. The van der Waals surface area contributed by atoms with Gasteiger partial charge in [0, 0.05) is 6.04 Å². The molecule has 0 spiro atoms. The summed E-state index contributed by atoms with van der Waals surface area (Å²) in [5.74, 6) is -0.796. The number of amides is 2. The zero-order chi connectivity index (χ0) is 15.3. The Hall–Kier alpha value is -1.31. The van der Waals surface area contributed by atoms with Crippen LogP contribution in [0.4, 0.5) is 4.79 Å². The fraction of sp³-hybridized carbons (Fsp3) is 0.833. The van der Waals surface area contributed by atoms with Crippen molar-refractivity contribution in [3.05, 3.63) is 0 Å². The van der Waals surface area contributed by atoms with E-state index in [9.17, 15) is 18.0 Å². The summed E-state index contributed by atoms with van der Waals surface area (Å²) in [4.78, 5) is 22.8. The maximum absolute atomic E-state index is 11.7. The first-order valence-corrected chi connectivity index (χ1v) is 8.52. The smallest absolute Gasteiger partial charge is 0.326 e. The second kappa shape index (κ2) is 6.92. The molecule has 1 aliphatic rings. The Balaban J connectivity index is 2.44. The number of aliphatic carboxylic acids is 1. The summed E-state index contributed by atoms with van der Waals surface area (Å²) in [5.41, 5.74) is 0. The molecule has 8 heteroatoms. The third-order valence-corrected chi connectivity index (χ3v) is 4.92. The van der Waals surface area contributed by atoms with Gasteiger partial charge < -0.3 is 15.7 Å². The van der Waals surface area contributed by atoms with E-state index >= 15 is 0 Å². The summed E-state index contributed by atoms with van der Waals surface area (Å²) >= 11 is 0. The van der Waals surface area contributed by atoms with Crippen molar-refractivity contribution in [2.24, 2.45) is 5.92 Å². The molecule has 0 radical (unpaired) electrons. The van der Waals surface area contributed by atoms with Crippen molar-refractivity contribution in [2.45, 2.75) is 45.2 Å². The lowest BCUT2D eigenvalue weighted by Gasteiger charge is -2.24. The minimum Gasteiger partial charge on any atom is -0.480 e. The van der Waals surface area contributed by atoms with Gasteiger partial charge in [-0.15, -0.1) is 0 Å². The molecule has 20 heavy (non-hydrogen) atoms. The first-order chi connectivity index (χ1) is 9.19. The van der Waals surface area contributed by atoms with E-state index in [-0.39, 0.29) is 23.5 Å². The number of sulfone groups is 1. The van der Waals surface area contributed by atoms with Gasteiger partial charge in [0.25, 0.3) is 0 Å². The Morgan fingerprint density at radius 3 is 2.25 bits per heavy atom. The van der Waals surface area contributed by atoms with Crippen LogP contribution in [-0.4, -0.2) is 49.1 Å². The normalized spacial score (nSPS) is 20.4. The predicted molar refractivity (Wildman–Crippen MR) is 74.2 cm³/mol. The van der Waals surface area contributed by atoms with Crippen LogP contribution in [0.25, 0.3) is 0 Å². The van der Waals surface area contributed by atoms with E-state index in [1.54, 1.807) is 0 Å². The molecule has 1 aliphatic heterocycles. The first-order valence-electron chi connectivity index (χ1n) is 6.70. The molecule has 2 amide bonds. The molecule has 0 bridgehead atoms. The number of urea groups is 1. The van der Waals surface area contributed by atoms with Gasteiger partial charge in [0.1, 0.15) is 15.9 Å². The van der Waals surface area contributed by atoms with Crippen molar-refractivity contribution in [1.29, 1.82) is 0 Å². The van der Waals surface area contributed by atoms with E-state index in [0.717, 1.165) is 0 Å². The van der Waals surface area contributed by atoms with Crippen molar-refractivity contribution in [3.63, 3.8) is 0 Å². The molecule has 1 rings (SSSR count). The molecule has 0 aromatic heterocycles. The Kier molecular flexibility index (Phi) is 5.79. The average molecular weight is 306 g/mol. The number of carbonyl (C=O) groups excluding carboxylic acids is 1. The quantitative estimate of drug-likeness (QED) is 0.679. The van der Waals surface area contributed by atoms with Crippen LogP contribution >= 0.6 is 0 Å². The molecule has 0 saturated carbocycles. The predicted octanol–water partition coefficient (Wildman–Crippen LogP) is 0.362. The SMILES string of the molecule is CC(C)C[C@H](NC(=O)NC1CCS(=O)(=O)CC1)C(=O)O. The fourth-order valence-corrected chi connectivity index (χ4v) is 3.60. The lowest BCUT2D eigenvalue weighted by Crippen LogP contribution is -2.50. The highest BCUT2D eigenvalue weighted by Crippen LogP contribution is 2.12. The number of hydrogen-bond acceptors (Lipinski definition) is 4. The van der Waals surface area contributed by atoms with Crippen LogP contribution in [0.5, 0.6) is 0 Å². The Bertz CT molecular complexity index is 446. The Labute approximate surface area is 119 Å². The van der Waals surface area contributed by atoms with Crippen molar-refractivity contribution in [1.82, 2.24) is 10.6 Å². The molecular weight excluding hydrogens is 284 g/mol. The van der Waals surface area contributed by atoms with Gasteiger partial charge >= 0.3 is 12.0 Å². The number of carbonyl (C=O) groups is 2. The third-order valence-electron chi connectivity index (χ3n) is 3.20. The summed E-state index contributed by atoms with van der Waals surface area (Å²) in [6, 6.07) is -1.70. The molecule has 0 aromatic carbocycles. The van der Waals surface area contributed by atoms with Crippen molar-refractivity contribution >= 4 is 21.8 Å². The fourth-order valence-electron chi connectivity index (χ4n) is 2.11. The molecule has 0 unspecified atom stereocenters. The van der Waals surface area contributed by atoms with Gasteiger partial charge in [-0.05, 0) is 25.2 Å². The number of carboxylic acid groups (broad SMARTS) is 1. The van der Waals surface area contributed by atoms with E-state index in [2.05, 4.69) is 10.6 Å². The van der Waals surface area contributed by atoms with Gasteiger partial charge in [0.05, 0.1) is 11.5 Å². The van der Waals surface area contributed by atoms with Gasteiger partial charge in [-0.25, -0.2) is 18.0 Å². The Morgan fingerprint density at radius 1 is 1.25 bits per heavy atom. The average Bonchev–Trinajstić information content (AvgIpc) is 2.30. The first kappa shape index (κ1) is 16.7. The zero-order valence-electron chi connectivity index (χ0n) is 11.8. The van der Waals surface area contributed by atoms with Crippen LogP contribution in [0.15, 0.2) is 0 Å². The third kappa shape index (κ3) is 5.77. The highest BCUT2D eigenvalue weighted by molar-refractivity contribution is 7.91. The largest absolute Gasteiger partial charge is 0.480 e. The monoisotopic (exact) mass is 306 g/mol. The second-order valence-electron chi connectivity index (χ2n) is 5.56. The van der Waals surface area contributed by atoms with E-state index in [4.69, 9.17) is 5.11 Å². The van der Waals surface area contributed by atoms with Crippen LogP contribution in [0.1, 0.15) is 33.1 Å². The Morgan fingerprint density at radius 2 is 1.80 bits per heavy atom. The summed E-state index contributed by atoms with van der Waals surface area (Å²) in [5, 5.41) is 14.1. The highest BCUT2D eigenvalue weighted by atomic mass is 32.2. The zero-order valence-corrected chi connectivity index (χ0v) is 12.6. The van der Waals surface area contributed by atoms with Crippen molar-refractivity contribution in [3.8, 4) is 0 Å². The van der Waals surface area contributed by atoms with Gasteiger partial charge in [-0.1, -0.05) is 13.8 Å². The van der Waals surface area contributed by atoms with Crippen molar-refractivity contribution < 1.29 is 23.1 Å². The molecule has 1 heterocycles. The maximum Gasteiger partial charge on any atom is 0.326 e. The van der Waals surface area contributed by atoms with Crippen LogP contribution in [-0.2, 0) is 14.6 Å².